The Hall–Kier alpha value is -1.84. The van der Waals surface area contributed by atoms with Crippen LogP contribution in [-0.2, 0) is 6.42 Å². The van der Waals surface area contributed by atoms with E-state index in [2.05, 4.69) is 15.9 Å². The topological polar surface area (TPSA) is 29.5 Å². The molecule has 1 unspecified atom stereocenters. The van der Waals surface area contributed by atoms with Gasteiger partial charge in [0.05, 0.1) is 13.2 Å². The fraction of sp³-hybridized carbons (Fsp3) is 0.158. The van der Waals surface area contributed by atoms with E-state index in [1.165, 1.54) is 0 Å². The molecule has 0 radical (unpaired) electrons. The number of aliphatic hydroxyl groups excluding tert-OH is 1. The number of hydrogen-bond donors (Lipinski definition) is 1. The molecule has 0 saturated heterocycles. The lowest BCUT2D eigenvalue weighted by atomic mass is 9.98. The van der Waals surface area contributed by atoms with Crippen molar-refractivity contribution >= 4 is 26.7 Å². The van der Waals surface area contributed by atoms with Crippen LogP contribution in [0.1, 0.15) is 17.2 Å². The Bertz CT molecular complexity index is 784. The van der Waals surface area contributed by atoms with Crippen molar-refractivity contribution < 1.29 is 9.84 Å². The van der Waals surface area contributed by atoms with Crippen molar-refractivity contribution in [3.05, 3.63) is 76.3 Å². The second kappa shape index (κ2) is 6.51. The van der Waals surface area contributed by atoms with Crippen molar-refractivity contribution in [2.75, 3.05) is 7.11 Å². The van der Waals surface area contributed by atoms with Gasteiger partial charge in [-0.25, -0.2) is 0 Å². The molecule has 112 valence electrons. The van der Waals surface area contributed by atoms with Gasteiger partial charge in [-0.15, -0.1) is 0 Å². The zero-order valence-electron chi connectivity index (χ0n) is 12.3. The van der Waals surface area contributed by atoms with Crippen LogP contribution in [0.2, 0.25) is 0 Å². The normalized spacial score (nSPS) is 12.3. The summed E-state index contributed by atoms with van der Waals surface area (Å²) in [4.78, 5) is 0. The maximum Gasteiger partial charge on any atom is 0.119 e. The van der Waals surface area contributed by atoms with Gasteiger partial charge in [-0.3, -0.25) is 0 Å². The monoisotopic (exact) mass is 356 g/mol. The van der Waals surface area contributed by atoms with E-state index in [-0.39, 0.29) is 0 Å². The first-order valence-corrected chi connectivity index (χ1v) is 7.96. The van der Waals surface area contributed by atoms with Crippen molar-refractivity contribution in [1.29, 1.82) is 0 Å². The summed E-state index contributed by atoms with van der Waals surface area (Å²) in [6, 6.07) is 20.0. The Morgan fingerprint density at radius 2 is 1.77 bits per heavy atom. The SMILES string of the molecule is COc1ccc2ccc(C(O)Cc3ccccc3)c(Br)c2c1. The van der Waals surface area contributed by atoms with E-state index in [0.717, 1.165) is 32.1 Å². The van der Waals surface area contributed by atoms with Crippen LogP contribution in [0, 0.1) is 0 Å². The lowest BCUT2D eigenvalue weighted by Crippen LogP contribution is -2.03. The molecule has 0 spiro atoms. The Kier molecular flexibility index (Phi) is 4.46. The van der Waals surface area contributed by atoms with Gasteiger partial charge < -0.3 is 9.84 Å². The first-order valence-electron chi connectivity index (χ1n) is 7.17. The molecule has 3 heteroatoms. The van der Waals surface area contributed by atoms with Crippen LogP contribution >= 0.6 is 15.9 Å². The van der Waals surface area contributed by atoms with Crippen molar-refractivity contribution in [3.63, 3.8) is 0 Å². The molecule has 1 N–H and O–H groups in total. The number of hydrogen-bond acceptors (Lipinski definition) is 2. The summed E-state index contributed by atoms with van der Waals surface area (Å²) in [5, 5.41) is 12.7. The van der Waals surface area contributed by atoms with Gasteiger partial charge in [0, 0.05) is 10.9 Å². The van der Waals surface area contributed by atoms with Gasteiger partial charge in [-0.05, 0) is 50.0 Å². The van der Waals surface area contributed by atoms with Crippen LogP contribution < -0.4 is 4.74 Å². The molecule has 3 aromatic rings. The zero-order chi connectivity index (χ0) is 15.5. The zero-order valence-corrected chi connectivity index (χ0v) is 13.9. The summed E-state index contributed by atoms with van der Waals surface area (Å²) < 4.78 is 6.21. The van der Waals surface area contributed by atoms with Crippen LogP contribution in [0.5, 0.6) is 5.75 Å². The van der Waals surface area contributed by atoms with Gasteiger partial charge in [-0.1, -0.05) is 48.5 Å². The van der Waals surface area contributed by atoms with Gasteiger partial charge in [0.2, 0.25) is 0 Å². The number of fused-ring (bicyclic) bond motifs is 1. The number of ether oxygens (including phenoxy) is 1. The predicted molar refractivity (Wildman–Crippen MR) is 93.3 cm³/mol. The number of aliphatic hydroxyl groups is 1. The van der Waals surface area contributed by atoms with E-state index in [1.54, 1.807) is 7.11 Å². The quantitative estimate of drug-likeness (QED) is 0.721. The molecule has 22 heavy (non-hydrogen) atoms. The second-order valence-electron chi connectivity index (χ2n) is 5.26. The Balaban J connectivity index is 1.98. The lowest BCUT2D eigenvalue weighted by molar-refractivity contribution is 0.178. The van der Waals surface area contributed by atoms with Crippen LogP contribution in [0.3, 0.4) is 0 Å². The summed E-state index contributed by atoms with van der Waals surface area (Å²) in [6.07, 6.45) is 0.0435. The number of methoxy groups -OCH3 is 1. The lowest BCUT2D eigenvalue weighted by Gasteiger charge is -2.15. The summed E-state index contributed by atoms with van der Waals surface area (Å²) in [5.41, 5.74) is 2.01. The van der Waals surface area contributed by atoms with E-state index >= 15 is 0 Å². The number of halogens is 1. The Morgan fingerprint density at radius 3 is 2.50 bits per heavy atom. The second-order valence-corrected chi connectivity index (χ2v) is 6.05. The minimum Gasteiger partial charge on any atom is -0.497 e. The maximum atomic E-state index is 10.6. The molecule has 0 saturated carbocycles. The first kappa shape index (κ1) is 15.1. The molecule has 0 aliphatic carbocycles. The smallest absolute Gasteiger partial charge is 0.119 e. The number of rotatable bonds is 4. The predicted octanol–water partition coefficient (Wildman–Crippen LogP) is 4.89. The Morgan fingerprint density at radius 1 is 1.05 bits per heavy atom. The van der Waals surface area contributed by atoms with Crippen LogP contribution in [0.25, 0.3) is 10.8 Å². The van der Waals surface area contributed by atoms with Crippen LogP contribution in [0.4, 0.5) is 0 Å². The molecule has 1 atom stereocenters. The van der Waals surface area contributed by atoms with Crippen molar-refractivity contribution in [2.45, 2.75) is 12.5 Å². The van der Waals surface area contributed by atoms with E-state index in [0.29, 0.717) is 6.42 Å². The first-order chi connectivity index (χ1) is 10.7. The Labute approximate surface area is 138 Å². The van der Waals surface area contributed by atoms with Gasteiger partial charge in [-0.2, -0.15) is 0 Å². The molecule has 0 aliphatic rings. The van der Waals surface area contributed by atoms with Gasteiger partial charge in [0.15, 0.2) is 0 Å². The van der Waals surface area contributed by atoms with Gasteiger partial charge >= 0.3 is 0 Å². The average Bonchev–Trinajstić information content (AvgIpc) is 2.56. The highest BCUT2D eigenvalue weighted by atomic mass is 79.9. The number of benzene rings is 3. The summed E-state index contributed by atoms with van der Waals surface area (Å²) in [7, 11) is 1.66. The molecule has 2 nitrogen and oxygen atoms in total. The highest BCUT2D eigenvalue weighted by Crippen LogP contribution is 2.34. The van der Waals surface area contributed by atoms with E-state index in [9.17, 15) is 5.11 Å². The molecular formula is C19H17BrO2. The molecule has 0 amide bonds. The van der Waals surface area contributed by atoms with Gasteiger partial charge in [0.1, 0.15) is 5.75 Å². The molecule has 0 fully saturated rings. The van der Waals surface area contributed by atoms with Crippen molar-refractivity contribution in [2.24, 2.45) is 0 Å². The molecule has 0 aromatic heterocycles. The summed E-state index contributed by atoms with van der Waals surface area (Å²) in [6.45, 7) is 0. The molecule has 0 bridgehead atoms. The molecule has 0 aliphatic heterocycles. The highest BCUT2D eigenvalue weighted by Gasteiger charge is 2.14. The van der Waals surface area contributed by atoms with Crippen molar-refractivity contribution in [1.82, 2.24) is 0 Å². The minimum atomic E-state index is -0.549. The van der Waals surface area contributed by atoms with E-state index in [1.807, 2.05) is 60.7 Å². The van der Waals surface area contributed by atoms with E-state index in [4.69, 9.17) is 4.74 Å². The largest absolute Gasteiger partial charge is 0.497 e. The molecule has 0 heterocycles. The summed E-state index contributed by atoms with van der Waals surface area (Å²) in [5.74, 6) is 0.808. The minimum absolute atomic E-state index is 0.549. The molecular weight excluding hydrogens is 340 g/mol. The van der Waals surface area contributed by atoms with Crippen LogP contribution in [-0.4, -0.2) is 12.2 Å². The highest BCUT2D eigenvalue weighted by molar-refractivity contribution is 9.10. The maximum absolute atomic E-state index is 10.6. The standard InChI is InChI=1S/C19H17BrO2/c1-22-15-9-7-14-8-10-16(19(20)17(14)12-15)18(21)11-13-5-3-2-4-6-13/h2-10,12,18,21H,11H2,1H3. The third-order valence-corrected chi connectivity index (χ3v) is 4.71. The van der Waals surface area contributed by atoms with Crippen molar-refractivity contribution in [3.8, 4) is 5.75 Å². The summed E-state index contributed by atoms with van der Waals surface area (Å²) >= 11 is 3.64. The van der Waals surface area contributed by atoms with Crippen LogP contribution in [0.15, 0.2) is 65.1 Å². The van der Waals surface area contributed by atoms with Gasteiger partial charge in [0.25, 0.3) is 0 Å². The fourth-order valence-electron chi connectivity index (χ4n) is 2.61. The van der Waals surface area contributed by atoms with E-state index < -0.39 is 6.10 Å². The third kappa shape index (κ3) is 3.01. The fourth-order valence-corrected chi connectivity index (χ4v) is 3.35. The average molecular weight is 357 g/mol. The third-order valence-electron chi connectivity index (χ3n) is 3.82. The molecule has 3 rings (SSSR count). The molecule has 3 aromatic carbocycles.